The van der Waals surface area contributed by atoms with Gasteiger partial charge in [-0.2, -0.15) is 11.8 Å². The molecule has 0 saturated heterocycles. The lowest BCUT2D eigenvalue weighted by Gasteiger charge is -2.20. The van der Waals surface area contributed by atoms with Crippen LogP contribution >= 0.6 is 11.8 Å². The monoisotopic (exact) mass is 278 g/mol. The summed E-state index contributed by atoms with van der Waals surface area (Å²) >= 11 is 1.85. The van der Waals surface area contributed by atoms with Gasteiger partial charge in [-0.15, -0.1) is 0 Å². The summed E-state index contributed by atoms with van der Waals surface area (Å²) in [6.45, 7) is 3.92. The first kappa shape index (κ1) is 14.3. The van der Waals surface area contributed by atoms with Crippen LogP contribution < -0.4 is 11.1 Å². The molecule has 1 aromatic rings. The Morgan fingerprint density at radius 1 is 1.32 bits per heavy atom. The molecule has 1 amide bonds. The Morgan fingerprint density at radius 3 is 2.74 bits per heavy atom. The zero-order valence-corrected chi connectivity index (χ0v) is 12.6. The van der Waals surface area contributed by atoms with Crippen LogP contribution in [0, 0.1) is 13.8 Å². The highest BCUT2D eigenvalue weighted by molar-refractivity contribution is 7.99. The van der Waals surface area contributed by atoms with E-state index in [4.69, 9.17) is 5.73 Å². The Labute approximate surface area is 119 Å². The number of carbonyl (C=O) groups is 1. The van der Waals surface area contributed by atoms with Gasteiger partial charge in [0, 0.05) is 22.5 Å². The van der Waals surface area contributed by atoms with Crippen molar-refractivity contribution in [2.24, 2.45) is 0 Å². The standard InChI is InChI=1S/C15H22N2OS/c1-9-7-10(2)12(16)8-11(9)15(18)17-13-5-4-6-14(13)19-3/h7-8,13-14H,4-6,16H2,1-3H3,(H,17,18). The van der Waals surface area contributed by atoms with E-state index in [0.29, 0.717) is 22.5 Å². The first-order chi connectivity index (χ1) is 9.02. The lowest BCUT2D eigenvalue weighted by Crippen LogP contribution is -2.38. The molecule has 0 radical (unpaired) electrons. The number of nitrogens with two attached hydrogens (primary N) is 1. The smallest absolute Gasteiger partial charge is 0.251 e. The number of amides is 1. The Morgan fingerprint density at radius 2 is 2.05 bits per heavy atom. The van der Waals surface area contributed by atoms with Gasteiger partial charge in [-0.1, -0.05) is 12.5 Å². The first-order valence-corrected chi connectivity index (χ1v) is 8.02. The number of hydrogen-bond donors (Lipinski definition) is 2. The third-order valence-corrected chi connectivity index (χ3v) is 5.10. The van der Waals surface area contributed by atoms with E-state index in [-0.39, 0.29) is 5.91 Å². The van der Waals surface area contributed by atoms with Crippen LogP contribution in [0.5, 0.6) is 0 Å². The fourth-order valence-electron chi connectivity index (χ4n) is 2.73. The van der Waals surface area contributed by atoms with Crippen LogP contribution in [-0.2, 0) is 0 Å². The average Bonchev–Trinajstić information content (AvgIpc) is 2.80. The Balaban J connectivity index is 2.14. The van der Waals surface area contributed by atoms with Crippen LogP contribution in [0.1, 0.15) is 40.7 Å². The van der Waals surface area contributed by atoms with Gasteiger partial charge in [0.2, 0.25) is 0 Å². The molecule has 3 nitrogen and oxygen atoms in total. The lowest BCUT2D eigenvalue weighted by atomic mass is 10.0. The molecule has 1 aliphatic rings. The second-order valence-electron chi connectivity index (χ2n) is 5.31. The molecule has 2 atom stereocenters. The second kappa shape index (κ2) is 5.87. The maximum Gasteiger partial charge on any atom is 0.251 e. The van der Waals surface area contributed by atoms with Gasteiger partial charge in [0.25, 0.3) is 5.91 Å². The Bertz CT molecular complexity index is 487. The predicted molar refractivity (Wildman–Crippen MR) is 82.7 cm³/mol. The quantitative estimate of drug-likeness (QED) is 0.836. The molecule has 1 saturated carbocycles. The van der Waals surface area contributed by atoms with Crippen molar-refractivity contribution in [2.75, 3.05) is 12.0 Å². The van der Waals surface area contributed by atoms with Gasteiger partial charge in [-0.25, -0.2) is 0 Å². The SMILES string of the molecule is CSC1CCCC1NC(=O)c1cc(N)c(C)cc1C. The number of nitrogens with one attached hydrogen (secondary N) is 1. The van der Waals surface area contributed by atoms with E-state index in [2.05, 4.69) is 11.6 Å². The summed E-state index contributed by atoms with van der Waals surface area (Å²) in [4.78, 5) is 12.4. The van der Waals surface area contributed by atoms with Gasteiger partial charge < -0.3 is 11.1 Å². The molecule has 0 aromatic heterocycles. The Hall–Kier alpha value is -1.16. The minimum absolute atomic E-state index is 0.00940. The van der Waals surface area contributed by atoms with Crippen LogP contribution in [0.25, 0.3) is 0 Å². The molecule has 2 rings (SSSR count). The van der Waals surface area contributed by atoms with E-state index < -0.39 is 0 Å². The van der Waals surface area contributed by atoms with Crippen molar-refractivity contribution in [1.29, 1.82) is 0 Å². The van der Waals surface area contributed by atoms with Crippen molar-refractivity contribution < 1.29 is 4.79 Å². The van der Waals surface area contributed by atoms with Crippen LogP contribution in [0.2, 0.25) is 0 Å². The van der Waals surface area contributed by atoms with Crippen LogP contribution in [-0.4, -0.2) is 23.5 Å². The molecule has 3 N–H and O–H groups in total. The third-order valence-electron chi connectivity index (χ3n) is 3.93. The third kappa shape index (κ3) is 3.06. The topological polar surface area (TPSA) is 55.1 Å². The van der Waals surface area contributed by atoms with Gasteiger partial charge in [0.15, 0.2) is 0 Å². The van der Waals surface area contributed by atoms with Crippen LogP contribution in [0.4, 0.5) is 5.69 Å². The number of carbonyl (C=O) groups excluding carboxylic acids is 1. The number of aryl methyl sites for hydroxylation is 2. The molecule has 1 aromatic carbocycles. The van der Waals surface area contributed by atoms with E-state index in [1.165, 1.54) is 12.8 Å². The minimum Gasteiger partial charge on any atom is -0.398 e. The molecule has 1 aliphatic carbocycles. The summed E-state index contributed by atoms with van der Waals surface area (Å²) in [7, 11) is 0. The van der Waals surface area contributed by atoms with Crippen molar-refractivity contribution in [3.05, 3.63) is 28.8 Å². The average molecular weight is 278 g/mol. The maximum absolute atomic E-state index is 12.4. The van der Waals surface area contributed by atoms with Crippen molar-refractivity contribution >= 4 is 23.4 Å². The van der Waals surface area contributed by atoms with E-state index in [1.54, 1.807) is 6.07 Å². The van der Waals surface area contributed by atoms with Gasteiger partial charge in [-0.3, -0.25) is 4.79 Å². The number of benzene rings is 1. The summed E-state index contributed by atoms with van der Waals surface area (Å²) in [6.07, 6.45) is 5.59. The molecule has 0 spiro atoms. The fraction of sp³-hybridized carbons (Fsp3) is 0.533. The molecular formula is C15H22N2OS. The van der Waals surface area contributed by atoms with Crippen molar-refractivity contribution in [1.82, 2.24) is 5.32 Å². The van der Waals surface area contributed by atoms with E-state index in [9.17, 15) is 4.79 Å². The highest BCUT2D eigenvalue weighted by atomic mass is 32.2. The minimum atomic E-state index is 0.00940. The highest BCUT2D eigenvalue weighted by Gasteiger charge is 2.28. The van der Waals surface area contributed by atoms with Gasteiger partial charge in [0.05, 0.1) is 0 Å². The van der Waals surface area contributed by atoms with E-state index >= 15 is 0 Å². The lowest BCUT2D eigenvalue weighted by molar-refractivity contribution is 0.0938. The molecule has 19 heavy (non-hydrogen) atoms. The normalized spacial score (nSPS) is 22.5. The molecule has 4 heteroatoms. The molecule has 0 heterocycles. The van der Waals surface area contributed by atoms with Crippen LogP contribution in [0.3, 0.4) is 0 Å². The van der Waals surface area contributed by atoms with Crippen molar-refractivity contribution in [3.63, 3.8) is 0 Å². The second-order valence-corrected chi connectivity index (χ2v) is 6.39. The fourth-order valence-corrected chi connectivity index (χ4v) is 3.67. The predicted octanol–water partition coefficient (Wildman–Crippen LogP) is 2.90. The number of thioether (sulfide) groups is 1. The summed E-state index contributed by atoms with van der Waals surface area (Å²) in [5, 5.41) is 3.72. The van der Waals surface area contributed by atoms with Gasteiger partial charge >= 0.3 is 0 Å². The molecule has 2 unspecified atom stereocenters. The molecule has 0 bridgehead atoms. The zero-order valence-electron chi connectivity index (χ0n) is 11.8. The number of anilines is 1. The molecular weight excluding hydrogens is 256 g/mol. The van der Waals surface area contributed by atoms with Crippen molar-refractivity contribution in [3.8, 4) is 0 Å². The first-order valence-electron chi connectivity index (χ1n) is 6.73. The number of hydrogen-bond acceptors (Lipinski definition) is 3. The summed E-state index contributed by atoms with van der Waals surface area (Å²) in [6, 6.07) is 4.07. The van der Waals surface area contributed by atoms with E-state index in [0.717, 1.165) is 17.5 Å². The largest absolute Gasteiger partial charge is 0.398 e. The van der Waals surface area contributed by atoms with Crippen molar-refractivity contribution in [2.45, 2.75) is 44.4 Å². The number of nitrogen functional groups attached to an aromatic ring is 1. The van der Waals surface area contributed by atoms with E-state index in [1.807, 2.05) is 31.7 Å². The highest BCUT2D eigenvalue weighted by Crippen LogP contribution is 2.29. The molecule has 104 valence electrons. The maximum atomic E-state index is 12.4. The van der Waals surface area contributed by atoms with Crippen LogP contribution in [0.15, 0.2) is 12.1 Å². The summed E-state index contributed by atoms with van der Waals surface area (Å²) in [5.41, 5.74) is 9.31. The number of rotatable bonds is 3. The summed E-state index contributed by atoms with van der Waals surface area (Å²) in [5.74, 6) is 0.00940. The zero-order chi connectivity index (χ0) is 14.0. The van der Waals surface area contributed by atoms with Gasteiger partial charge in [-0.05, 0) is 50.1 Å². The Kier molecular flexibility index (Phi) is 4.40. The summed E-state index contributed by atoms with van der Waals surface area (Å²) < 4.78 is 0. The van der Waals surface area contributed by atoms with Gasteiger partial charge in [0.1, 0.15) is 0 Å². The molecule has 0 aliphatic heterocycles. The molecule has 1 fully saturated rings.